The Bertz CT molecular complexity index is 422. The molecule has 0 saturated carbocycles. The molecule has 1 saturated heterocycles. The van der Waals surface area contributed by atoms with Crippen LogP contribution in [0.15, 0.2) is 10.6 Å². The molecule has 1 aromatic heterocycles. The Morgan fingerprint density at radius 2 is 2.10 bits per heavy atom. The molecule has 0 bridgehead atoms. The topological polar surface area (TPSA) is 41.3 Å². The second-order valence-electron chi connectivity index (χ2n) is 6.87. The van der Waals surface area contributed by atoms with Crippen LogP contribution < -0.4 is 5.32 Å². The third-order valence-corrected chi connectivity index (χ3v) is 4.21. The molecule has 1 aliphatic rings. The lowest BCUT2D eigenvalue weighted by Crippen LogP contribution is -2.55. The van der Waals surface area contributed by atoms with Crippen molar-refractivity contribution in [1.82, 2.24) is 15.2 Å². The maximum atomic E-state index is 5.94. The van der Waals surface area contributed by atoms with Crippen LogP contribution in [0.3, 0.4) is 0 Å². The minimum Gasteiger partial charge on any atom is -0.444 e. The van der Waals surface area contributed by atoms with E-state index in [0.717, 1.165) is 37.7 Å². The number of piperazine rings is 1. The van der Waals surface area contributed by atoms with Gasteiger partial charge in [0, 0.05) is 30.6 Å². The molecule has 0 aromatic carbocycles. The third-order valence-electron chi connectivity index (χ3n) is 4.21. The zero-order chi connectivity index (χ0) is 14.8. The molecule has 2 unspecified atom stereocenters. The Morgan fingerprint density at radius 3 is 2.65 bits per heavy atom. The molecule has 0 aliphatic carbocycles. The molecule has 1 N–H and O–H groups in total. The van der Waals surface area contributed by atoms with E-state index in [2.05, 4.69) is 49.8 Å². The molecule has 2 atom stereocenters. The van der Waals surface area contributed by atoms with Gasteiger partial charge in [-0.05, 0) is 12.8 Å². The van der Waals surface area contributed by atoms with Gasteiger partial charge in [0.2, 0.25) is 5.89 Å². The normalized spacial score (nSPS) is 25.1. The van der Waals surface area contributed by atoms with Crippen molar-refractivity contribution in [2.45, 2.75) is 71.5 Å². The fourth-order valence-corrected chi connectivity index (χ4v) is 2.70. The summed E-state index contributed by atoms with van der Waals surface area (Å²) in [6.07, 6.45) is 4.22. The largest absolute Gasteiger partial charge is 0.444 e. The maximum Gasteiger partial charge on any atom is 0.208 e. The summed E-state index contributed by atoms with van der Waals surface area (Å²) in [5.74, 6) is 1.83. The predicted octanol–water partition coefficient (Wildman–Crippen LogP) is 2.93. The summed E-state index contributed by atoms with van der Waals surface area (Å²) >= 11 is 0. The van der Waals surface area contributed by atoms with Crippen molar-refractivity contribution in [3.63, 3.8) is 0 Å². The number of oxazole rings is 1. The number of nitrogens with one attached hydrogen (secondary N) is 1. The molecule has 1 aliphatic heterocycles. The van der Waals surface area contributed by atoms with E-state index in [4.69, 9.17) is 4.42 Å². The first-order valence-corrected chi connectivity index (χ1v) is 7.86. The average Bonchev–Trinajstić information content (AvgIpc) is 2.87. The fraction of sp³-hybridized carbons (Fsp3) is 0.812. The summed E-state index contributed by atoms with van der Waals surface area (Å²) in [7, 11) is 0. The first-order chi connectivity index (χ1) is 9.44. The molecule has 1 aromatic rings. The van der Waals surface area contributed by atoms with Crippen LogP contribution in [0, 0.1) is 0 Å². The van der Waals surface area contributed by atoms with Crippen LogP contribution >= 0.6 is 0 Å². The molecule has 20 heavy (non-hydrogen) atoms. The van der Waals surface area contributed by atoms with Crippen LogP contribution in [-0.2, 0) is 12.0 Å². The molecule has 0 amide bonds. The van der Waals surface area contributed by atoms with E-state index in [1.807, 2.05) is 6.20 Å². The third kappa shape index (κ3) is 3.61. The van der Waals surface area contributed by atoms with E-state index in [0.29, 0.717) is 12.1 Å². The monoisotopic (exact) mass is 279 g/mol. The van der Waals surface area contributed by atoms with Gasteiger partial charge >= 0.3 is 0 Å². The quantitative estimate of drug-likeness (QED) is 0.920. The van der Waals surface area contributed by atoms with Crippen LogP contribution in [0.4, 0.5) is 0 Å². The van der Waals surface area contributed by atoms with Gasteiger partial charge in [-0.15, -0.1) is 0 Å². The highest BCUT2D eigenvalue weighted by Gasteiger charge is 2.27. The zero-order valence-corrected chi connectivity index (χ0v) is 13.6. The second kappa shape index (κ2) is 6.27. The van der Waals surface area contributed by atoms with Gasteiger partial charge in [-0.1, -0.05) is 34.6 Å². The summed E-state index contributed by atoms with van der Waals surface area (Å²) in [5, 5.41) is 3.62. The SMILES string of the molecule is CCC1CN(Cc2ncc(C(C)(C)C)o2)C(CC)CN1. The van der Waals surface area contributed by atoms with Gasteiger partial charge in [0.05, 0.1) is 12.7 Å². The molecular weight excluding hydrogens is 250 g/mol. The molecule has 2 heterocycles. The Labute approximate surface area is 122 Å². The number of nitrogens with zero attached hydrogens (tertiary/aromatic N) is 2. The van der Waals surface area contributed by atoms with Gasteiger partial charge in [0.15, 0.2) is 0 Å². The van der Waals surface area contributed by atoms with E-state index >= 15 is 0 Å². The molecule has 4 nitrogen and oxygen atoms in total. The van der Waals surface area contributed by atoms with Crippen molar-refractivity contribution < 1.29 is 4.42 Å². The lowest BCUT2D eigenvalue weighted by atomic mass is 9.94. The maximum absolute atomic E-state index is 5.94. The van der Waals surface area contributed by atoms with Crippen molar-refractivity contribution in [2.75, 3.05) is 13.1 Å². The van der Waals surface area contributed by atoms with Gasteiger partial charge in [-0.25, -0.2) is 4.98 Å². The lowest BCUT2D eigenvalue weighted by Gasteiger charge is -2.39. The minimum absolute atomic E-state index is 0.0326. The van der Waals surface area contributed by atoms with Gasteiger partial charge < -0.3 is 9.73 Å². The van der Waals surface area contributed by atoms with Gasteiger partial charge in [0.1, 0.15) is 5.76 Å². The Kier molecular flexibility index (Phi) is 4.86. The molecule has 4 heteroatoms. The van der Waals surface area contributed by atoms with E-state index in [1.54, 1.807) is 0 Å². The van der Waals surface area contributed by atoms with Gasteiger partial charge in [-0.2, -0.15) is 0 Å². The Hall–Kier alpha value is -0.870. The number of aromatic nitrogens is 1. The van der Waals surface area contributed by atoms with Crippen LogP contribution in [0.1, 0.15) is 59.1 Å². The summed E-state index contributed by atoms with van der Waals surface area (Å²) in [5.41, 5.74) is 0.0326. The number of rotatable bonds is 4. The van der Waals surface area contributed by atoms with E-state index in [9.17, 15) is 0 Å². The fourth-order valence-electron chi connectivity index (χ4n) is 2.70. The van der Waals surface area contributed by atoms with Crippen molar-refractivity contribution in [1.29, 1.82) is 0 Å². The van der Waals surface area contributed by atoms with Crippen LogP contribution in [0.2, 0.25) is 0 Å². The standard InChI is InChI=1S/C16H29N3O/c1-6-12-10-19(13(7-2)8-17-12)11-15-18-9-14(20-15)16(3,4)5/h9,12-13,17H,6-8,10-11H2,1-5H3. The smallest absolute Gasteiger partial charge is 0.208 e. The van der Waals surface area contributed by atoms with Crippen molar-refractivity contribution in [3.05, 3.63) is 17.8 Å². The molecule has 0 spiro atoms. The molecule has 2 rings (SSSR count). The summed E-state index contributed by atoms with van der Waals surface area (Å²) < 4.78 is 5.94. The molecule has 1 fully saturated rings. The van der Waals surface area contributed by atoms with Crippen molar-refractivity contribution in [2.24, 2.45) is 0 Å². The van der Waals surface area contributed by atoms with E-state index in [-0.39, 0.29) is 5.41 Å². The van der Waals surface area contributed by atoms with E-state index < -0.39 is 0 Å². The summed E-state index contributed by atoms with van der Waals surface area (Å²) in [4.78, 5) is 6.98. The molecule has 114 valence electrons. The minimum atomic E-state index is 0.0326. The lowest BCUT2D eigenvalue weighted by molar-refractivity contribution is 0.106. The second-order valence-corrected chi connectivity index (χ2v) is 6.87. The highest BCUT2D eigenvalue weighted by atomic mass is 16.4. The predicted molar refractivity (Wildman–Crippen MR) is 81.8 cm³/mol. The first-order valence-electron chi connectivity index (χ1n) is 7.86. The van der Waals surface area contributed by atoms with Crippen LogP contribution in [-0.4, -0.2) is 35.1 Å². The van der Waals surface area contributed by atoms with Crippen LogP contribution in [0.25, 0.3) is 0 Å². The van der Waals surface area contributed by atoms with E-state index in [1.165, 1.54) is 6.42 Å². The summed E-state index contributed by atoms with van der Waals surface area (Å²) in [6.45, 7) is 13.9. The first kappa shape index (κ1) is 15.5. The van der Waals surface area contributed by atoms with Crippen LogP contribution in [0.5, 0.6) is 0 Å². The average molecular weight is 279 g/mol. The van der Waals surface area contributed by atoms with Gasteiger partial charge in [0.25, 0.3) is 0 Å². The van der Waals surface area contributed by atoms with Gasteiger partial charge in [-0.3, -0.25) is 4.90 Å². The molecule has 0 radical (unpaired) electrons. The highest BCUT2D eigenvalue weighted by molar-refractivity contribution is 5.06. The van der Waals surface area contributed by atoms with Crippen molar-refractivity contribution >= 4 is 0 Å². The molecular formula is C16H29N3O. The Morgan fingerprint density at radius 1 is 1.35 bits per heavy atom. The summed E-state index contributed by atoms with van der Waals surface area (Å²) in [6, 6.07) is 1.18. The highest BCUT2D eigenvalue weighted by Crippen LogP contribution is 2.24. The number of hydrogen-bond acceptors (Lipinski definition) is 4. The number of hydrogen-bond donors (Lipinski definition) is 1. The zero-order valence-electron chi connectivity index (χ0n) is 13.6. The van der Waals surface area contributed by atoms with Crippen molar-refractivity contribution in [3.8, 4) is 0 Å². The Balaban J connectivity index is 2.04.